The van der Waals surface area contributed by atoms with Gasteiger partial charge in [-0.15, -0.1) is 0 Å². The molecule has 0 aliphatic rings. The summed E-state index contributed by atoms with van der Waals surface area (Å²) in [6, 6.07) is 8.48. The zero-order valence-corrected chi connectivity index (χ0v) is 12.3. The molecule has 0 fully saturated rings. The molecule has 1 amide bonds. The lowest BCUT2D eigenvalue weighted by atomic mass is 10.2. The molecule has 1 rings (SSSR count). The number of hydrogen-bond donors (Lipinski definition) is 0. The van der Waals surface area contributed by atoms with Crippen LogP contribution in [0.2, 0.25) is 0 Å². The van der Waals surface area contributed by atoms with E-state index in [2.05, 4.69) is 4.74 Å². The van der Waals surface area contributed by atoms with Gasteiger partial charge >= 0.3 is 5.97 Å². The highest BCUT2D eigenvalue weighted by molar-refractivity contribution is 5.83. The third-order valence-corrected chi connectivity index (χ3v) is 2.83. The quantitative estimate of drug-likeness (QED) is 0.739. The van der Waals surface area contributed by atoms with E-state index in [0.717, 1.165) is 0 Å². The summed E-state index contributed by atoms with van der Waals surface area (Å²) >= 11 is 0. The van der Waals surface area contributed by atoms with Crippen LogP contribution < -0.4 is 4.74 Å². The van der Waals surface area contributed by atoms with Gasteiger partial charge in [0, 0.05) is 6.04 Å². The van der Waals surface area contributed by atoms with Crippen LogP contribution in [0.25, 0.3) is 0 Å². The maximum atomic E-state index is 12.1. The number of methoxy groups -OCH3 is 1. The molecule has 0 atom stereocenters. The van der Waals surface area contributed by atoms with Crippen LogP contribution in [-0.2, 0) is 14.3 Å². The molecule has 0 aliphatic heterocycles. The topological polar surface area (TPSA) is 79.6 Å². The Bertz CT molecular complexity index is 549. The largest absolute Gasteiger partial charge is 0.482 e. The van der Waals surface area contributed by atoms with Crippen molar-refractivity contribution in [3.05, 3.63) is 29.8 Å². The predicted molar refractivity (Wildman–Crippen MR) is 75.5 cm³/mol. The van der Waals surface area contributed by atoms with E-state index < -0.39 is 5.97 Å². The number of hydrogen-bond acceptors (Lipinski definition) is 5. The number of esters is 1. The molecule has 0 N–H and O–H groups in total. The lowest BCUT2D eigenvalue weighted by Crippen LogP contribution is -2.43. The zero-order chi connectivity index (χ0) is 15.8. The van der Waals surface area contributed by atoms with Gasteiger partial charge < -0.3 is 14.4 Å². The van der Waals surface area contributed by atoms with Crippen LogP contribution in [0.15, 0.2) is 24.3 Å². The minimum absolute atomic E-state index is 0.129. The molecule has 0 saturated heterocycles. The van der Waals surface area contributed by atoms with E-state index in [4.69, 9.17) is 10.00 Å². The second-order valence-corrected chi connectivity index (χ2v) is 4.59. The molecular formula is C15H18N2O4. The molecule has 0 radical (unpaired) electrons. The number of benzene rings is 1. The normalized spacial score (nSPS) is 9.86. The second kappa shape index (κ2) is 7.90. The van der Waals surface area contributed by atoms with Gasteiger partial charge in [-0.3, -0.25) is 9.59 Å². The third-order valence-electron chi connectivity index (χ3n) is 2.83. The Morgan fingerprint density at radius 3 is 2.57 bits per heavy atom. The Morgan fingerprint density at radius 2 is 2.00 bits per heavy atom. The summed E-state index contributed by atoms with van der Waals surface area (Å²) in [6.45, 7) is 3.22. The molecule has 21 heavy (non-hydrogen) atoms. The highest BCUT2D eigenvalue weighted by Gasteiger charge is 2.21. The van der Waals surface area contributed by atoms with E-state index >= 15 is 0 Å². The van der Waals surface area contributed by atoms with Gasteiger partial charge in [0.05, 0.1) is 12.7 Å². The Kier molecular flexibility index (Phi) is 6.21. The average molecular weight is 290 g/mol. The Balaban J connectivity index is 2.70. The van der Waals surface area contributed by atoms with Crippen molar-refractivity contribution < 1.29 is 19.1 Å². The minimum Gasteiger partial charge on any atom is -0.482 e. The van der Waals surface area contributed by atoms with E-state index in [9.17, 15) is 9.59 Å². The van der Waals surface area contributed by atoms with Crippen LogP contribution in [0.3, 0.4) is 0 Å². The summed E-state index contributed by atoms with van der Waals surface area (Å²) < 4.78 is 9.93. The lowest BCUT2D eigenvalue weighted by molar-refractivity contribution is -0.149. The lowest BCUT2D eigenvalue weighted by Gasteiger charge is -2.25. The van der Waals surface area contributed by atoms with Crippen molar-refractivity contribution in [3.63, 3.8) is 0 Å². The number of carbonyl (C=O) groups excluding carboxylic acids is 2. The molecule has 0 saturated carbocycles. The fraction of sp³-hybridized carbons (Fsp3) is 0.400. The molecule has 1 aromatic rings. The van der Waals surface area contributed by atoms with Crippen LogP contribution >= 0.6 is 0 Å². The van der Waals surface area contributed by atoms with Crippen LogP contribution in [0.5, 0.6) is 5.75 Å². The van der Waals surface area contributed by atoms with Gasteiger partial charge in [0.25, 0.3) is 5.91 Å². The molecule has 0 aromatic heterocycles. The van der Waals surface area contributed by atoms with Crippen molar-refractivity contribution in [2.45, 2.75) is 19.9 Å². The summed E-state index contributed by atoms with van der Waals surface area (Å²) in [5.41, 5.74) is 0.356. The molecule has 0 spiro atoms. The number of nitrogens with zero attached hydrogens (tertiary/aromatic N) is 2. The minimum atomic E-state index is -0.491. The van der Waals surface area contributed by atoms with E-state index in [0.29, 0.717) is 11.3 Å². The fourth-order valence-electron chi connectivity index (χ4n) is 1.67. The van der Waals surface area contributed by atoms with Crippen LogP contribution in [0.4, 0.5) is 0 Å². The molecule has 112 valence electrons. The van der Waals surface area contributed by atoms with E-state index in [1.54, 1.807) is 38.1 Å². The van der Waals surface area contributed by atoms with Gasteiger partial charge in [0.1, 0.15) is 18.4 Å². The second-order valence-electron chi connectivity index (χ2n) is 4.59. The molecule has 0 aliphatic carbocycles. The van der Waals surface area contributed by atoms with Crippen LogP contribution in [0.1, 0.15) is 19.4 Å². The first-order chi connectivity index (χ1) is 9.99. The Labute approximate surface area is 123 Å². The summed E-state index contributed by atoms with van der Waals surface area (Å²) in [6.07, 6.45) is 0. The maximum absolute atomic E-state index is 12.1. The highest BCUT2D eigenvalue weighted by Crippen LogP contribution is 2.16. The first-order valence-corrected chi connectivity index (χ1v) is 6.47. The SMILES string of the molecule is COC(=O)CN(C(=O)COc1ccccc1C#N)C(C)C. The van der Waals surface area contributed by atoms with Gasteiger partial charge in [-0.1, -0.05) is 12.1 Å². The molecule has 6 nitrogen and oxygen atoms in total. The van der Waals surface area contributed by atoms with E-state index in [1.165, 1.54) is 12.0 Å². The van der Waals surface area contributed by atoms with Crippen molar-refractivity contribution in [1.29, 1.82) is 5.26 Å². The number of carbonyl (C=O) groups is 2. The number of para-hydroxylation sites is 1. The molecule has 0 bridgehead atoms. The van der Waals surface area contributed by atoms with Crippen molar-refractivity contribution in [2.75, 3.05) is 20.3 Å². The van der Waals surface area contributed by atoms with Gasteiger partial charge in [-0.25, -0.2) is 0 Å². The van der Waals surface area contributed by atoms with Crippen molar-refractivity contribution in [1.82, 2.24) is 4.90 Å². The van der Waals surface area contributed by atoms with Gasteiger partial charge in [-0.05, 0) is 26.0 Å². The smallest absolute Gasteiger partial charge is 0.325 e. The summed E-state index contributed by atoms with van der Waals surface area (Å²) in [7, 11) is 1.27. The summed E-state index contributed by atoms with van der Waals surface area (Å²) in [4.78, 5) is 24.8. The number of ether oxygens (including phenoxy) is 2. The van der Waals surface area contributed by atoms with Gasteiger partial charge in [-0.2, -0.15) is 5.26 Å². The average Bonchev–Trinajstić information content (AvgIpc) is 2.49. The molecule has 1 aromatic carbocycles. The van der Waals surface area contributed by atoms with Gasteiger partial charge in [0.2, 0.25) is 0 Å². The standard InChI is InChI=1S/C15H18N2O4/c1-11(2)17(9-15(19)20-3)14(18)10-21-13-7-5-4-6-12(13)8-16/h4-7,11H,9-10H2,1-3H3. The third kappa shape index (κ3) is 4.80. The maximum Gasteiger partial charge on any atom is 0.325 e. The first kappa shape index (κ1) is 16.5. The monoisotopic (exact) mass is 290 g/mol. The predicted octanol–water partition coefficient (Wildman–Crippen LogP) is 1.35. The van der Waals surface area contributed by atoms with E-state index in [1.807, 2.05) is 6.07 Å². The van der Waals surface area contributed by atoms with Crippen molar-refractivity contribution in [3.8, 4) is 11.8 Å². The van der Waals surface area contributed by atoms with Crippen LogP contribution in [0, 0.1) is 11.3 Å². The molecule has 6 heteroatoms. The number of amides is 1. The van der Waals surface area contributed by atoms with E-state index in [-0.39, 0.29) is 25.1 Å². The highest BCUT2D eigenvalue weighted by atomic mass is 16.5. The summed E-state index contributed by atoms with van der Waals surface area (Å²) in [5, 5.41) is 8.95. The first-order valence-electron chi connectivity index (χ1n) is 6.47. The van der Waals surface area contributed by atoms with Crippen LogP contribution in [-0.4, -0.2) is 43.1 Å². The Hall–Kier alpha value is -2.55. The molecular weight excluding hydrogens is 272 g/mol. The molecule has 0 heterocycles. The van der Waals surface area contributed by atoms with Gasteiger partial charge in [0.15, 0.2) is 6.61 Å². The zero-order valence-electron chi connectivity index (χ0n) is 12.3. The molecule has 0 unspecified atom stereocenters. The summed E-state index contributed by atoms with van der Waals surface area (Å²) in [5.74, 6) is -0.493. The van der Waals surface area contributed by atoms with Crippen molar-refractivity contribution in [2.24, 2.45) is 0 Å². The van der Waals surface area contributed by atoms with Crippen molar-refractivity contribution >= 4 is 11.9 Å². The fourth-order valence-corrected chi connectivity index (χ4v) is 1.67. The Morgan fingerprint density at radius 1 is 1.33 bits per heavy atom. The number of rotatable bonds is 6. The number of nitriles is 1.